The molecule has 3 heteroatoms. The van der Waals surface area contributed by atoms with Gasteiger partial charge in [0.25, 0.3) is 0 Å². The number of benzene rings is 2. The second kappa shape index (κ2) is 12.2. The largest absolute Gasteiger partial charge is 0.356 e. The van der Waals surface area contributed by atoms with Gasteiger partial charge in [-0.3, -0.25) is 4.98 Å². The fraction of sp³-hybridized carbons (Fsp3) is 0.0417. The van der Waals surface area contributed by atoms with Gasteiger partial charge in [-0.1, -0.05) is 67.3 Å². The van der Waals surface area contributed by atoms with Crippen LogP contribution in [0.5, 0.6) is 0 Å². The number of pyridine rings is 1. The Kier molecular flexibility index (Phi) is 9.12. The van der Waals surface area contributed by atoms with Gasteiger partial charge in [-0.25, -0.2) is 0 Å². The molecule has 27 heavy (non-hydrogen) atoms. The third-order valence-corrected chi connectivity index (χ3v) is 4.16. The molecule has 2 heterocycles. The van der Waals surface area contributed by atoms with Crippen molar-refractivity contribution in [3.63, 3.8) is 0 Å². The predicted octanol–water partition coefficient (Wildman–Crippen LogP) is 7.21. The monoisotopic (exact) mass is 372 g/mol. The van der Waals surface area contributed by atoms with Gasteiger partial charge in [0.15, 0.2) is 0 Å². The lowest BCUT2D eigenvalue weighted by molar-refractivity contribution is 1.19. The molecule has 0 aliphatic carbocycles. The van der Waals surface area contributed by atoms with E-state index in [0.29, 0.717) is 0 Å². The Morgan fingerprint density at radius 1 is 0.778 bits per heavy atom. The summed E-state index contributed by atoms with van der Waals surface area (Å²) in [7, 11) is 0. The maximum atomic E-state index is 4.08. The Balaban J connectivity index is 0.000000161. The van der Waals surface area contributed by atoms with Crippen LogP contribution in [0.15, 0.2) is 108 Å². The fourth-order valence-electron chi connectivity index (χ4n) is 2.15. The maximum absolute atomic E-state index is 4.08. The molecule has 4 rings (SSSR count). The first-order valence-corrected chi connectivity index (χ1v) is 9.62. The van der Waals surface area contributed by atoms with Crippen LogP contribution in [0, 0.1) is 6.92 Å². The van der Waals surface area contributed by atoms with Crippen molar-refractivity contribution in [2.45, 2.75) is 6.92 Å². The standard InChI is InChI=1S/C12H11N.C8H9N.C4H4S/c1-3-7-11(8-4-1)13-12-9-5-2-6-10-12;1-3-8-5-4-6-9-7(8)2;1-2-4-5-3-1/h1-10,13H;3-6H,1H2,2H3;1-4H. The summed E-state index contributed by atoms with van der Waals surface area (Å²) in [5, 5.41) is 7.39. The quantitative estimate of drug-likeness (QED) is 0.411. The average molecular weight is 373 g/mol. The minimum atomic E-state index is 1.03. The van der Waals surface area contributed by atoms with Crippen LogP contribution < -0.4 is 5.32 Å². The van der Waals surface area contributed by atoms with Crippen molar-refractivity contribution in [1.82, 2.24) is 4.98 Å². The second-order valence-electron chi connectivity index (χ2n) is 5.53. The smallest absolute Gasteiger partial charge is 0.0444 e. The van der Waals surface area contributed by atoms with E-state index in [9.17, 15) is 0 Å². The van der Waals surface area contributed by atoms with Crippen LogP contribution in [0.3, 0.4) is 0 Å². The minimum absolute atomic E-state index is 1.03. The van der Waals surface area contributed by atoms with Gasteiger partial charge in [-0.05, 0) is 53.6 Å². The van der Waals surface area contributed by atoms with Gasteiger partial charge in [-0.15, -0.1) is 0 Å². The van der Waals surface area contributed by atoms with Crippen molar-refractivity contribution in [1.29, 1.82) is 0 Å². The van der Waals surface area contributed by atoms with E-state index >= 15 is 0 Å². The summed E-state index contributed by atoms with van der Waals surface area (Å²) < 4.78 is 0. The molecule has 136 valence electrons. The number of anilines is 2. The van der Waals surface area contributed by atoms with Gasteiger partial charge in [0, 0.05) is 23.3 Å². The highest BCUT2D eigenvalue weighted by Crippen LogP contribution is 2.14. The van der Waals surface area contributed by atoms with E-state index in [0.717, 1.165) is 22.6 Å². The Bertz CT molecular complexity index is 818. The molecule has 2 aromatic carbocycles. The number of hydrogen-bond acceptors (Lipinski definition) is 3. The van der Waals surface area contributed by atoms with Crippen molar-refractivity contribution in [2.75, 3.05) is 5.32 Å². The molecular weight excluding hydrogens is 348 g/mol. The van der Waals surface area contributed by atoms with E-state index < -0.39 is 0 Å². The zero-order valence-electron chi connectivity index (χ0n) is 15.5. The lowest BCUT2D eigenvalue weighted by atomic mass is 10.2. The lowest BCUT2D eigenvalue weighted by Crippen LogP contribution is -1.87. The van der Waals surface area contributed by atoms with Crippen molar-refractivity contribution in [3.8, 4) is 0 Å². The third-order valence-electron chi connectivity index (χ3n) is 3.53. The molecule has 0 aliphatic heterocycles. The Hall–Kier alpha value is -3.17. The first-order chi connectivity index (χ1) is 13.3. The minimum Gasteiger partial charge on any atom is -0.356 e. The van der Waals surface area contributed by atoms with E-state index in [1.807, 2.05) is 109 Å². The van der Waals surface area contributed by atoms with E-state index in [1.165, 1.54) is 0 Å². The number of aromatic nitrogens is 1. The van der Waals surface area contributed by atoms with E-state index in [1.54, 1.807) is 17.5 Å². The molecule has 0 fully saturated rings. The predicted molar refractivity (Wildman–Crippen MR) is 120 cm³/mol. The number of thiophene rings is 1. The van der Waals surface area contributed by atoms with Crippen molar-refractivity contribution >= 4 is 28.8 Å². The summed E-state index contributed by atoms with van der Waals surface area (Å²) >= 11 is 1.71. The van der Waals surface area contributed by atoms with Crippen LogP contribution in [0.4, 0.5) is 11.4 Å². The summed E-state index contributed by atoms with van der Waals surface area (Å²) in [6.45, 7) is 5.62. The molecule has 0 unspecified atom stereocenters. The van der Waals surface area contributed by atoms with Crippen LogP contribution >= 0.6 is 11.3 Å². The van der Waals surface area contributed by atoms with Crippen molar-refractivity contribution in [2.24, 2.45) is 0 Å². The van der Waals surface area contributed by atoms with Gasteiger partial charge >= 0.3 is 0 Å². The number of nitrogens with zero attached hydrogens (tertiary/aromatic N) is 1. The first-order valence-electron chi connectivity index (χ1n) is 8.68. The number of rotatable bonds is 3. The molecule has 0 spiro atoms. The lowest BCUT2D eigenvalue weighted by Gasteiger charge is -2.04. The number of para-hydroxylation sites is 2. The molecule has 4 aromatic rings. The average Bonchev–Trinajstić information content (AvgIpc) is 3.31. The fourth-order valence-corrected chi connectivity index (χ4v) is 2.60. The SMILES string of the molecule is C=Cc1cccnc1C.c1ccc(Nc2ccccc2)cc1.c1ccsc1. The molecule has 0 atom stereocenters. The molecule has 0 aliphatic rings. The topological polar surface area (TPSA) is 24.9 Å². The van der Waals surface area contributed by atoms with Crippen LogP contribution in [-0.2, 0) is 0 Å². The second-order valence-corrected chi connectivity index (χ2v) is 6.35. The zero-order valence-corrected chi connectivity index (χ0v) is 16.3. The highest BCUT2D eigenvalue weighted by Gasteiger charge is 1.90. The van der Waals surface area contributed by atoms with Crippen LogP contribution in [-0.4, -0.2) is 4.98 Å². The van der Waals surface area contributed by atoms with Gasteiger partial charge in [0.05, 0.1) is 0 Å². The molecule has 0 amide bonds. The molecule has 0 bridgehead atoms. The van der Waals surface area contributed by atoms with Crippen LogP contribution in [0.25, 0.3) is 6.08 Å². The summed E-state index contributed by atoms with van der Waals surface area (Å²) in [4.78, 5) is 4.08. The number of nitrogens with one attached hydrogen (secondary N) is 1. The molecule has 0 saturated heterocycles. The van der Waals surface area contributed by atoms with Gasteiger partial charge in [-0.2, -0.15) is 11.3 Å². The van der Waals surface area contributed by atoms with Gasteiger partial charge in [0.2, 0.25) is 0 Å². The van der Waals surface area contributed by atoms with Crippen molar-refractivity contribution in [3.05, 3.63) is 120 Å². The maximum Gasteiger partial charge on any atom is 0.0444 e. The Morgan fingerprint density at radius 3 is 1.70 bits per heavy atom. The first kappa shape index (κ1) is 20.1. The zero-order chi connectivity index (χ0) is 19.2. The van der Waals surface area contributed by atoms with Crippen molar-refractivity contribution < 1.29 is 0 Å². The molecular formula is C24H24N2S. The number of hydrogen-bond donors (Lipinski definition) is 1. The highest BCUT2D eigenvalue weighted by molar-refractivity contribution is 7.07. The summed E-state index contributed by atoms with van der Waals surface area (Å²) in [6.07, 6.45) is 3.59. The summed E-state index contributed by atoms with van der Waals surface area (Å²) in [5.74, 6) is 0. The van der Waals surface area contributed by atoms with Gasteiger partial charge in [0.1, 0.15) is 0 Å². The summed E-state index contributed by atoms with van der Waals surface area (Å²) in [5.41, 5.74) is 4.38. The molecule has 1 N–H and O–H groups in total. The van der Waals surface area contributed by atoms with E-state index in [4.69, 9.17) is 0 Å². The number of aryl methyl sites for hydroxylation is 1. The van der Waals surface area contributed by atoms with Gasteiger partial charge < -0.3 is 5.32 Å². The van der Waals surface area contributed by atoms with Crippen LogP contribution in [0.2, 0.25) is 0 Å². The summed E-state index contributed by atoms with van der Waals surface area (Å²) in [6, 6.07) is 28.2. The van der Waals surface area contributed by atoms with E-state index in [-0.39, 0.29) is 0 Å². The third kappa shape index (κ3) is 8.17. The highest BCUT2D eigenvalue weighted by atomic mass is 32.1. The Labute approximate surface area is 165 Å². The molecule has 2 nitrogen and oxygen atoms in total. The Morgan fingerprint density at radius 2 is 1.33 bits per heavy atom. The molecule has 2 aromatic heterocycles. The normalized spacial score (nSPS) is 9.07. The van der Waals surface area contributed by atoms with E-state index in [2.05, 4.69) is 16.9 Å². The molecule has 0 saturated carbocycles. The molecule has 0 radical (unpaired) electrons. The van der Waals surface area contributed by atoms with Crippen LogP contribution in [0.1, 0.15) is 11.3 Å².